The van der Waals surface area contributed by atoms with Crippen LogP contribution in [0.1, 0.15) is 75.8 Å². The van der Waals surface area contributed by atoms with Crippen LogP contribution in [0.25, 0.3) is 0 Å². The summed E-state index contributed by atoms with van der Waals surface area (Å²) in [5, 5.41) is 10.8. The maximum Gasteiger partial charge on any atom is 0.325 e. The average molecular weight is 414 g/mol. The summed E-state index contributed by atoms with van der Waals surface area (Å²) in [4.78, 5) is 14.0. The number of aliphatic hydroxyl groups excluding tert-OH is 1. The zero-order valence-corrected chi connectivity index (χ0v) is 19.2. The van der Waals surface area contributed by atoms with Gasteiger partial charge in [-0.1, -0.05) is 32.8 Å². The van der Waals surface area contributed by atoms with Crippen LogP contribution in [-0.2, 0) is 11.2 Å². The van der Waals surface area contributed by atoms with Crippen molar-refractivity contribution in [3.8, 4) is 5.75 Å². The highest BCUT2D eigenvalue weighted by atomic mass is 16.5. The van der Waals surface area contributed by atoms with Gasteiger partial charge < -0.3 is 9.84 Å². The van der Waals surface area contributed by atoms with E-state index < -0.39 is 0 Å². The van der Waals surface area contributed by atoms with Crippen LogP contribution in [0.5, 0.6) is 5.75 Å². The number of carbonyl (C=O) groups is 1. The van der Waals surface area contributed by atoms with Crippen molar-refractivity contribution in [2.24, 2.45) is 23.2 Å². The van der Waals surface area contributed by atoms with Gasteiger partial charge in [0.1, 0.15) is 5.75 Å². The second-order valence-electron chi connectivity index (χ2n) is 10.6. The van der Waals surface area contributed by atoms with E-state index in [0.29, 0.717) is 36.0 Å². The number of ether oxygens (including phenoxy) is 1. The van der Waals surface area contributed by atoms with Crippen LogP contribution in [0.15, 0.2) is 18.2 Å². The first kappa shape index (κ1) is 21.8. The number of nitrogens with zero attached hydrogens (tertiary/aromatic N) is 1. The topological polar surface area (TPSA) is 49.8 Å². The average Bonchev–Trinajstić information content (AvgIpc) is 2.99. The first-order valence-corrected chi connectivity index (χ1v) is 12.0. The van der Waals surface area contributed by atoms with Gasteiger partial charge in [0.05, 0.1) is 12.6 Å². The maximum absolute atomic E-state index is 12.1. The van der Waals surface area contributed by atoms with Gasteiger partial charge in [-0.15, -0.1) is 0 Å². The number of unbranched alkanes of at least 4 members (excludes halogenated alkanes) is 1. The molecule has 0 aliphatic heterocycles. The summed E-state index contributed by atoms with van der Waals surface area (Å²) in [5.74, 6) is 3.06. The Morgan fingerprint density at radius 1 is 1.27 bits per heavy atom. The third-order valence-electron chi connectivity index (χ3n) is 8.43. The van der Waals surface area contributed by atoms with Crippen LogP contribution >= 0.6 is 0 Å². The number of benzene rings is 1. The van der Waals surface area contributed by atoms with Gasteiger partial charge in [0.15, 0.2) is 0 Å². The van der Waals surface area contributed by atoms with E-state index in [9.17, 15) is 9.90 Å². The Kier molecular flexibility index (Phi) is 6.28. The molecular weight excluding hydrogens is 374 g/mol. The van der Waals surface area contributed by atoms with Crippen molar-refractivity contribution in [3.63, 3.8) is 0 Å². The van der Waals surface area contributed by atoms with Gasteiger partial charge in [0.2, 0.25) is 0 Å². The second kappa shape index (κ2) is 8.63. The largest absolute Gasteiger partial charge is 0.426 e. The van der Waals surface area contributed by atoms with E-state index in [-0.39, 0.29) is 17.5 Å². The molecule has 1 aromatic carbocycles. The Morgan fingerprint density at radius 3 is 2.80 bits per heavy atom. The highest BCUT2D eigenvalue weighted by Crippen LogP contribution is 2.62. The first-order valence-electron chi connectivity index (χ1n) is 12.0. The highest BCUT2D eigenvalue weighted by molar-refractivity contribution is 5.74. The predicted molar refractivity (Wildman–Crippen MR) is 120 cm³/mol. The van der Waals surface area contributed by atoms with Crippen molar-refractivity contribution < 1.29 is 14.6 Å². The molecule has 0 heterocycles. The lowest BCUT2D eigenvalue weighted by Gasteiger charge is -2.53. The monoisotopic (exact) mass is 413 g/mol. The van der Waals surface area contributed by atoms with E-state index >= 15 is 0 Å². The predicted octanol–water partition coefficient (Wildman–Crippen LogP) is 4.79. The summed E-state index contributed by atoms with van der Waals surface area (Å²) in [6.45, 7) is 4.93. The van der Waals surface area contributed by atoms with Gasteiger partial charge in [-0.25, -0.2) is 0 Å². The molecule has 0 saturated heterocycles. The fraction of sp³-hybridized carbons (Fsp3) is 0.731. The summed E-state index contributed by atoms with van der Waals surface area (Å²) >= 11 is 0. The Hall–Kier alpha value is -1.39. The summed E-state index contributed by atoms with van der Waals surface area (Å²) in [7, 11) is 3.76. The minimum Gasteiger partial charge on any atom is -0.426 e. The standard InChI is InChI=1S/C26H39NO3/c1-5-6-7-17-14-18-15-19(30-24(29)16-27(3)4)8-9-20(18)21-12-13-26(2)22(25(17)21)10-11-23(26)28/h8-9,15,17,21-23,25,28H,5-7,10-14,16H2,1-4H3/t17-,21-,22+,23+,25-,26+/m1/s1. The number of hydrogen-bond acceptors (Lipinski definition) is 4. The van der Waals surface area contributed by atoms with Gasteiger partial charge in [-0.3, -0.25) is 9.69 Å². The molecule has 0 radical (unpaired) electrons. The molecule has 0 bridgehead atoms. The van der Waals surface area contributed by atoms with Gasteiger partial charge in [0, 0.05) is 0 Å². The molecule has 1 N–H and O–H groups in total. The Balaban J connectivity index is 1.62. The molecule has 2 saturated carbocycles. The number of carbonyl (C=O) groups excluding carboxylic acids is 1. The van der Waals surface area contributed by atoms with Crippen molar-refractivity contribution in [1.29, 1.82) is 0 Å². The quantitative estimate of drug-likeness (QED) is 0.538. The van der Waals surface area contributed by atoms with Crippen LogP contribution in [0, 0.1) is 23.2 Å². The van der Waals surface area contributed by atoms with E-state index in [0.717, 1.165) is 19.3 Å². The van der Waals surface area contributed by atoms with Crippen LogP contribution in [0.4, 0.5) is 0 Å². The van der Waals surface area contributed by atoms with Crippen molar-refractivity contribution in [2.75, 3.05) is 20.6 Å². The van der Waals surface area contributed by atoms with E-state index in [1.807, 2.05) is 25.1 Å². The summed E-state index contributed by atoms with van der Waals surface area (Å²) < 4.78 is 5.63. The Morgan fingerprint density at radius 2 is 2.07 bits per heavy atom. The van der Waals surface area contributed by atoms with Crippen LogP contribution in [0.3, 0.4) is 0 Å². The van der Waals surface area contributed by atoms with Gasteiger partial charge >= 0.3 is 5.97 Å². The Labute approximate surface area is 182 Å². The number of rotatable bonds is 6. The highest BCUT2D eigenvalue weighted by Gasteiger charge is 2.56. The molecule has 1 aromatic rings. The molecule has 0 amide bonds. The summed E-state index contributed by atoms with van der Waals surface area (Å²) in [6.07, 6.45) is 9.16. The third-order valence-corrected chi connectivity index (χ3v) is 8.43. The number of likely N-dealkylation sites (N-methyl/N-ethyl adjacent to an activating group) is 1. The third kappa shape index (κ3) is 3.93. The molecule has 2 fully saturated rings. The smallest absolute Gasteiger partial charge is 0.325 e. The van der Waals surface area contributed by atoms with Crippen LogP contribution in [0.2, 0.25) is 0 Å². The van der Waals surface area contributed by atoms with E-state index in [1.165, 1.54) is 43.2 Å². The summed E-state index contributed by atoms with van der Waals surface area (Å²) in [6, 6.07) is 6.36. The van der Waals surface area contributed by atoms with E-state index in [2.05, 4.69) is 26.0 Å². The van der Waals surface area contributed by atoms with Crippen molar-refractivity contribution in [2.45, 2.75) is 77.2 Å². The zero-order valence-electron chi connectivity index (χ0n) is 19.2. The number of aliphatic hydroxyl groups is 1. The molecule has 6 atom stereocenters. The molecular formula is C26H39NO3. The fourth-order valence-corrected chi connectivity index (χ4v) is 6.97. The number of fused-ring (bicyclic) bond motifs is 5. The van der Waals surface area contributed by atoms with Crippen molar-refractivity contribution in [3.05, 3.63) is 29.3 Å². The molecule has 4 heteroatoms. The minimum absolute atomic E-state index is 0.102. The van der Waals surface area contributed by atoms with Gasteiger partial charge in [-0.2, -0.15) is 0 Å². The molecule has 30 heavy (non-hydrogen) atoms. The van der Waals surface area contributed by atoms with Crippen LogP contribution < -0.4 is 4.74 Å². The molecule has 3 aliphatic rings. The second-order valence-corrected chi connectivity index (χ2v) is 10.6. The normalized spacial score (nSPS) is 34.9. The van der Waals surface area contributed by atoms with Crippen molar-refractivity contribution in [1.82, 2.24) is 4.90 Å². The molecule has 0 aromatic heterocycles. The van der Waals surface area contributed by atoms with Gasteiger partial charge in [0.25, 0.3) is 0 Å². The number of hydrogen-bond donors (Lipinski definition) is 1. The SMILES string of the molecule is CCCC[C@@H]1Cc2cc(OC(=O)CN(C)C)ccc2[C@H]2CC[C@]3(C)[C@@H](O)CC[C@H]3[C@H]12. The minimum atomic E-state index is -0.204. The lowest BCUT2D eigenvalue weighted by Crippen LogP contribution is -2.47. The lowest BCUT2D eigenvalue weighted by atomic mass is 9.52. The Bertz CT molecular complexity index is 776. The lowest BCUT2D eigenvalue weighted by molar-refractivity contribution is -0.135. The number of esters is 1. The maximum atomic E-state index is 12.1. The first-order chi connectivity index (χ1) is 14.3. The molecule has 4 rings (SSSR count). The molecule has 4 nitrogen and oxygen atoms in total. The van der Waals surface area contributed by atoms with Gasteiger partial charge in [-0.05, 0) is 105 Å². The van der Waals surface area contributed by atoms with E-state index in [1.54, 1.807) is 0 Å². The molecule has 166 valence electrons. The molecule has 0 spiro atoms. The van der Waals surface area contributed by atoms with Crippen LogP contribution in [-0.4, -0.2) is 42.7 Å². The molecule has 0 unspecified atom stereocenters. The summed E-state index contributed by atoms with van der Waals surface area (Å²) in [5.41, 5.74) is 2.96. The van der Waals surface area contributed by atoms with E-state index in [4.69, 9.17) is 4.74 Å². The zero-order chi connectivity index (χ0) is 21.5. The van der Waals surface area contributed by atoms with Crippen molar-refractivity contribution >= 4 is 5.97 Å². The molecule has 3 aliphatic carbocycles. The fourth-order valence-electron chi connectivity index (χ4n) is 6.97.